The van der Waals surface area contributed by atoms with Gasteiger partial charge in [-0.25, -0.2) is 0 Å². The molecule has 5 heteroatoms. The van der Waals surface area contributed by atoms with E-state index in [1.54, 1.807) is 11.8 Å². The van der Waals surface area contributed by atoms with Gasteiger partial charge in [-0.2, -0.15) is 0 Å². The summed E-state index contributed by atoms with van der Waals surface area (Å²) in [7, 11) is 0. The van der Waals surface area contributed by atoms with Crippen LogP contribution in [-0.2, 0) is 9.53 Å². The van der Waals surface area contributed by atoms with Gasteiger partial charge in [-0.15, -0.1) is 18.3 Å². The van der Waals surface area contributed by atoms with Crippen molar-refractivity contribution in [3.63, 3.8) is 0 Å². The minimum absolute atomic E-state index is 0.0264. The largest absolute Gasteiger partial charge is 0.379 e. The van der Waals surface area contributed by atoms with Crippen molar-refractivity contribution in [2.75, 3.05) is 43.9 Å². The maximum atomic E-state index is 12.1. The molecule has 0 radical (unpaired) electrons. The Labute approximate surface area is 124 Å². The normalized spacial score (nSPS) is 15.8. The number of benzene rings is 1. The van der Waals surface area contributed by atoms with Gasteiger partial charge < -0.3 is 10.1 Å². The number of ether oxygens (including phenoxy) is 1. The number of hydrogen-bond donors (Lipinski definition) is 1. The third-order valence-electron chi connectivity index (χ3n) is 2.99. The van der Waals surface area contributed by atoms with E-state index in [-0.39, 0.29) is 5.91 Å². The van der Waals surface area contributed by atoms with Crippen LogP contribution in [0.3, 0.4) is 0 Å². The van der Waals surface area contributed by atoms with Gasteiger partial charge in [0.2, 0.25) is 5.91 Å². The van der Waals surface area contributed by atoms with E-state index in [4.69, 9.17) is 4.74 Å². The fraction of sp³-hybridized carbons (Fsp3) is 0.400. The number of anilines is 1. The van der Waals surface area contributed by atoms with E-state index in [0.29, 0.717) is 19.8 Å². The molecule has 4 nitrogen and oxygen atoms in total. The van der Waals surface area contributed by atoms with Gasteiger partial charge in [-0.1, -0.05) is 18.2 Å². The maximum Gasteiger partial charge on any atom is 0.238 e. The highest BCUT2D eigenvalue weighted by Crippen LogP contribution is 2.26. The predicted octanol–water partition coefficient (Wildman–Crippen LogP) is 2.24. The van der Waals surface area contributed by atoms with Crippen molar-refractivity contribution in [2.45, 2.75) is 4.90 Å². The number of hydrogen-bond acceptors (Lipinski definition) is 4. The molecule has 0 aliphatic carbocycles. The van der Waals surface area contributed by atoms with E-state index in [9.17, 15) is 4.79 Å². The Balaban J connectivity index is 1.91. The number of morpholine rings is 1. The molecule has 0 spiro atoms. The average Bonchev–Trinajstić information content (AvgIpc) is 2.47. The van der Waals surface area contributed by atoms with Gasteiger partial charge >= 0.3 is 0 Å². The average molecular weight is 292 g/mol. The third kappa shape index (κ3) is 4.67. The van der Waals surface area contributed by atoms with Crippen LogP contribution in [0.15, 0.2) is 41.8 Å². The van der Waals surface area contributed by atoms with Crippen LogP contribution in [0.5, 0.6) is 0 Å². The monoisotopic (exact) mass is 292 g/mol. The molecule has 0 unspecified atom stereocenters. The second-order valence-electron chi connectivity index (χ2n) is 4.53. The van der Waals surface area contributed by atoms with Crippen molar-refractivity contribution in [1.29, 1.82) is 0 Å². The van der Waals surface area contributed by atoms with Crippen molar-refractivity contribution in [3.8, 4) is 0 Å². The number of amides is 1. The smallest absolute Gasteiger partial charge is 0.238 e. The molecule has 108 valence electrons. The zero-order chi connectivity index (χ0) is 14.2. The summed E-state index contributed by atoms with van der Waals surface area (Å²) in [5.74, 6) is 0.856. The standard InChI is InChI=1S/C15H20N2O2S/c1-2-11-20-14-6-4-3-5-13(14)16-15(18)12-17-7-9-19-10-8-17/h2-6H,1,7-12H2,(H,16,18). The maximum absolute atomic E-state index is 12.1. The molecule has 1 aromatic carbocycles. The van der Waals surface area contributed by atoms with Gasteiger partial charge in [0.1, 0.15) is 0 Å². The van der Waals surface area contributed by atoms with Crippen LogP contribution in [0.25, 0.3) is 0 Å². The second-order valence-corrected chi connectivity index (χ2v) is 5.59. The van der Waals surface area contributed by atoms with Crippen molar-refractivity contribution in [3.05, 3.63) is 36.9 Å². The number of nitrogens with one attached hydrogen (secondary N) is 1. The van der Waals surface area contributed by atoms with Gasteiger partial charge in [-0.3, -0.25) is 9.69 Å². The molecular formula is C15H20N2O2S. The Bertz CT molecular complexity index is 459. The summed E-state index contributed by atoms with van der Waals surface area (Å²) in [6.45, 7) is 7.19. The molecule has 20 heavy (non-hydrogen) atoms. The summed E-state index contributed by atoms with van der Waals surface area (Å²) < 4.78 is 5.28. The highest BCUT2D eigenvalue weighted by Gasteiger charge is 2.14. The minimum atomic E-state index is 0.0264. The number of thioether (sulfide) groups is 1. The fourth-order valence-electron chi connectivity index (χ4n) is 2.00. The molecule has 0 saturated carbocycles. The van der Waals surface area contributed by atoms with Crippen LogP contribution in [0.2, 0.25) is 0 Å². The first-order valence-electron chi connectivity index (χ1n) is 6.72. The van der Waals surface area contributed by atoms with Crippen LogP contribution in [0.1, 0.15) is 0 Å². The summed E-state index contributed by atoms with van der Waals surface area (Å²) in [4.78, 5) is 15.3. The molecule has 1 heterocycles. The van der Waals surface area contributed by atoms with Gasteiger partial charge in [-0.05, 0) is 12.1 Å². The molecule has 2 rings (SSSR count). The molecule has 1 aliphatic rings. The van der Waals surface area contributed by atoms with E-state index in [1.807, 2.05) is 30.3 Å². The van der Waals surface area contributed by atoms with Gasteiger partial charge in [0.25, 0.3) is 0 Å². The number of nitrogens with zero attached hydrogens (tertiary/aromatic N) is 1. The topological polar surface area (TPSA) is 41.6 Å². The Hall–Kier alpha value is -1.30. The fourth-order valence-corrected chi connectivity index (χ4v) is 2.74. The van der Waals surface area contributed by atoms with Gasteiger partial charge in [0.05, 0.1) is 25.4 Å². The molecule has 0 atom stereocenters. The first-order chi connectivity index (χ1) is 9.79. The second kappa shape index (κ2) is 8.09. The Morgan fingerprint density at radius 2 is 2.15 bits per heavy atom. The molecule has 1 aromatic rings. The first-order valence-corrected chi connectivity index (χ1v) is 7.71. The van der Waals surface area contributed by atoms with Crippen molar-refractivity contribution in [1.82, 2.24) is 4.90 Å². The number of rotatable bonds is 6. The molecular weight excluding hydrogens is 272 g/mol. The molecule has 0 bridgehead atoms. The van der Waals surface area contributed by atoms with E-state index < -0.39 is 0 Å². The summed E-state index contributed by atoms with van der Waals surface area (Å²) in [5, 5.41) is 2.99. The Morgan fingerprint density at radius 3 is 2.90 bits per heavy atom. The lowest BCUT2D eigenvalue weighted by Crippen LogP contribution is -2.41. The van der Waals surface area contributed by atoms with Gasteiger partial charge in [0.15, 0.2) is 0 Å². The summed E-state index contributed by atoms with van der Waals surface area (Å²) in [5.41, 5.74) is 0.873. The zero-order valence-electron chi connectivity index (χ0n) is 11.5. The predicted molar refractivity (Wildman–Crippen MR) is 83.3 cm³/mol. The highest BCUT2D eigenvalue weighted by atomic mass is 32.2. The first kappa shape index (κ1) is 15.1. The zero-order valence-corrected chi connectivity index (χ0v) is 12.3. The quantitative estimate of drug-likeness (QED) is 0.645. The Kier molecular flexibility index (Phi) is 6.11. The number of para-hydroxylation sites is 1. The van der Waals surface area contributed by atoms with E-state index in [1.165, 1.54) is 0 Å². The SMILES string of the molecule is C=CCSc1ccccc1NC(=O)CN1CCOCC1. The van der Waals surface area contributed by atoms with Crippen molar-refractivity contribution >= 4 is 23.4 Å². The van der Waals surface area contributed by atoms with Crippen LogP contribution >= 0.6 is 11.8 Å². The summed E-state index contributed by atoms with van der Waals surface area (Å²) >= 11 is 1.67. The summed E-state index contributed by atoms with van der Waals surface area (Å²) in [6.07, 6.45) is 1.86. The highest BCUT2D eigenvalue weighted by molar-refractivity contribution is 7.99. The lowest BCUT2D eigenvalue weighted by atomic mass is 10.3. The van der Waals surface area contributed by atoms with E-state index in [2.05, 4.69) is 16.8 Å². The molecule has 1 aliphatic heterocycles. The van der Waals surface area contributed by atoms with Crippen LogP contribution in [0, 0.1) is 0 Å². The number of carbonyl (C=O) groups is 1. The number of carbonyl (C=O) groups excluding carboxylic acids is 1. The van der Waals surface area contributed by atoms with Crippen molar-refractivity contribution in [2.24, 2.45) is 0 Å². The van der Waals surface area contributed by atoms with E-state index >= 15 is 0 Å². The van der Waals surface area contributed by atoms with Crippen LogP contribution < -0.4 is 5.32 Å². The minimum Gasteiger partial charge on any atom is -0.379 e. The lowest BCUT2D eigenvalue weighted by molar-refractivity contribution is -0.118. The van der Waals surface area contributed by atoms with E-state index in [0.717, 1.165) is 29.4 Å². The molecule has 1 amide bonds. The van der Waals surface area contributed by atoms with Crippen LogP contribution in [-0.4, -0.2) is 49.4 Å². The lowest BCUT2D eigenvalue weighted by Gasteiger charge is -2.25. The third-order valence-corrected chi connectivity index (χ3v) is 4.06. The van der Waals surface area contributed by atoms with Gasteiger partial charge in [0, 0.05) is 23.7 Å². The molecule has 1 N–H and O–H groups in total. The summed E-state index contributed by atoms with van der Waals surface area (Å²) in [6, 6.07) is 7.85. The molecule has 1 fully saturated rings. The molecule has 1 saturated heterocycles. The van der Waals surface area contributed by atoms with Crippen molar-refractivity contribution < 1.29 is 9.53 Å². The Morgan fingerprint density at radius 1 is 1.40 bits per heavy atom. The molecule has 0 aromatic heterocycles. The van der Waals surface area contributed by atoms with Crippen LogP contribution in [0.4, 0.5) is 5.69 Å².